The molecule has 2 aromatic heterocycles. The Morgan fingerprint density at radius 3 is 2.45 bits per heavy atom. The summed E-state index contributed by atoms with van der Waals surface area (Å²) in [6.07, 6.45) is 4.78. The van der Waals surface area contributed by atoms with Crippen molar-refractivity contribution in [2.24, 2.45) is 7.05 Å². The smallest absolute Gasteiger partial charge is 0.322 e. The molecule has 0 bridgehead atoms. The van der Waals surface area contributed by atoms with Crippen molar-refractivity contribution in [1.29, 1.82) is 0 Å². The molecule has 2 heterocycles. The first kappa shape index (κ1) is 20.2. The number of nitro groups is 1. The fraction of sp³-hybridized carbons (Fsp3) is 0.350. The Labute approximate surface area is 166 Å². The second-order valence-electron chi connectivity index (χ2n) is 6.78. The van der Waals surface area contributed by atoms with Crippen LogP contribution in [0.15, 0.2) is 33.9 Å². The normalized spacial score (nSPS) is 11.6. The third kappa shape index (κ3) is 3.75. The molecule has 9 nitrogen and oxygen atoms in total. The van der Waals surface area contributed by atoms with Crippen LogP contribution in [-0.2, 0) is 20.1 Å². The van der Waals surface area contributed by atoms with Crippen LogP contribution < -0.4 is 11.2 Å². The van der Waals surface area contributed by atoms with Gasteiger partial charge in [0.25, 0.3) is 11.2 Å². The number of hydrogen-bond acceptors (Lipinski definition) is 5. The van der Waals surface area contributed by atoms with Gasteiger partial charge in [-0.25, -0.2) is 9.78 Å². The second kappa shape index (κ2) is 8.26. The Kier molecular flexibility index (Phi) is 5.76. The van der Waals surface area contributed by atoms with Crippen molar-refractivity contribution in [2.45, 2.75) is 39.8 Å². The molecule has 0 fully saturated rings. The summed E-state index contributed by atoms with van der Waals surface area (Å²) in [6, 6.07) is 6.23. The van der Waals surface area contributed by atoms with Gasteiger partial charge in [-0.15, -0.1) is 0 Å². The summed E-state index contributed by atoms with van der Waals surface area (Å²) in [5, 5.41) is 10.9. The Hall–Kier alpha value is -3.49. The molecule has 0 amide bonds. The quantitative estimate of drug-likeness (QED) is 0.450. The minimum Gasteiger partial charge on any atom is -0.322 e. The third-order valence-corrected chi connectivity index (χ3v) is 4.68. The van der Waals surface area contributed by atoms with Crippen LogP contribution in [0.1, 0.15) is 38.1 Å². The van der Waals surface area contributed by atoms with Gasteiger partial charge in [0.2, 0.25) is 0 Å². The Bertz CT molecular complexity index is 1220. The number of aromatic nitrogens is 4. The highest BCUT2D eigenvalue weighted by Gasteiger charge is 2.18. The van der Waals surface area contributed by atoms with Gasteiger partial charge >= 0.3 is 5.69 Å². The summed E-state index contributed by atoms with van der Waals surface area (Å²) in [6.45, 7) is 4.68. The molecule has 0 radical (unpaired) electrons. The molecule has 0 atom stereocenters. The number of nitro benzene ring substituents is 1. The van der Waals surface area contributed by atoms with E-state index < -0.39 is 4.92 Å². The first-order valence-corrected chi connectivity index (χ1v) is 9.51. The predicted molar refractivity (Wildman–Crippen MR) is 112 cm³/mol. The molecule has 0 unspecified atom stereocenters. The fourth-order valence-electron chi connectivity index (χ4n) is 3.29. The molecule has 0 saturated carbocycles. The van der Waals surface area contributed by atoms with Gasteiger partial charge in [-0.1, -0.05) is 32.1 Å². The molecule has 3 rings (SSSR count). The van der Waals surface area contributed by atoms with Gasteiger partial charge in [0.15, 0.2) is 11.2 Å². The molecule has 0 saturated heterocycles. The lowest BCUT2D eigenvalue weighted by atomic mass is 10.2. The van der Waals surface area contributed by atoms with E-state index in [0.29, 0.717) is 42.1 Å². The van der Waals surface area contributed by atoms with Gasteiger partial charge in [-0.3, -0.25) is 24.0 Å². The van der Waals surface area contributed by atoms with Gasteiger partial charge in [0.1, 0.15) is 5.82 Å². The van der Waals surface area contributed by atoms with E-state index >= 15 is 0 Å². The molecular weight excluding hydrogens is 374 g/mol. The van der Waals surface area contributed by atoms with Crippen LogP contribution >= 0.6 is 0 Å². The highest BCUT2D eigenvalue weighted by Crippen LogP contribution is 2.17. The Morgan fingerprint density at radius 1 is 1.10 bits per heavy atom. The zero-order chi connectivity index (χ0) is 21.1. The predicted octanol–water partition coefficient (Wildman–Crippen LogP) is 2.80. The number of aryl methyl sites for hydroxylation is 2. The summed E-state index contributed by atoms with van der Waals surface area (Å²) in [7, 11) is 1.72. The highest BCUT2D eigenvalue weighted by atomic mass is 16.6. The molecule has 0 aliphatic heterocycles. The number of benzene rings is 1. The van der Waals surface area contributed by atoms with Gasteiger partial charge in [0, 0.05) is 32.3 Å². The molecule has 1 aromatic carbocycles. The van der Waals surface area contributed by atoms with Gasteiger partial charge in [-0.05, 0) is 24.5 Å². The van der Waals surface area contributed by atoms with Crippen LogP contribution in [0, 0.1) is 10.1 Å². The zero-order valence-electron chi connectivity index (χ0n) is 16.7. The molecule has 0 aliphatic rings. The molecule has 3 aromatic rings. The number of non-ortho nitro benzene ring substituents is 1. The van der Waals surface area contributed by atoms with Crippen molar-refractivity contribution in [3.8, 4) is 0 Å². The average Bonchev–Trinajstić information content (AvgIpc) is 3.03. The molecule has 29 heavy (non-hydrogen) atoms. The molecule has 0 spiro atoms. The zero-order valence-corrected chi connectivity index (χ0v) is 16.7. The molecule has 0 aliphatic carbocycles. The lowest BCUT2D eigenvalue weighted by Gasteiger charge is -2.10. The van der Waals surface area contributed by atoms with Crippen molar-refractivity contribution < 1.29 is 4.92 Å². The third-order valence-electron chi connectivity index (χ3n) is 4.68. The van der Waals surface area contributed by atoms with E-state index in [-0.39, 0.29) is 16.9 Å². The van der Waals surface area contributed by atoms with Crippen molar-refractivity contribution in [2.75, 3.05) is 0 Å². The summed E-state index contributed by atoms with van der Waals surface area (Å²) >= 11 is 0. The van der Waals surface area contributed by atoms with E-state index in [0.717, 1.165) is 6.42 Å². The van der Waals surface area contributed by atoms with Crippen molar-refractivity contribution in [3.63, 3.8) is 0 Å². The van der Waals surface area contributed by atoms with E-state index in [4.69, 9.17) is 0 Å². The molecule has 9 heteroatoms. The van der Waals surface area contributed by atoms with Gasteiger partial charge in [0.05, 0.1) is 4.92 Å². The van der Waals surface area contributed by atoms with E-state index in [1.54, 1.807) is 35.9 Å². The lowest BCUT2D eigenvalue weighted by molar-refractivity contribution is -0.384. The Balaban J connectivity index is 2.17. The summed E-state index contributed by atoms with van der Waals surface area (Å²) in [4.78, 5) is 40.7. The summed E-state index contributed by atoms with van der Waals surface area (Å²) in [5.41, 5.74) is 0.653. The maximum Gasteiger partial charge on any atom is 0.332 e. The number of nitrogens with zero attached hydrogens (tertiary/aromatic N) is 5. The van der Waals surface area contributed by atoms with Crippen LogP contribution in [0.5, 0.6) is 0 Å². The molecule has 0 N–H and O–H groups in total. The number of hydrogen-bond donors (Lipinski definition) is 0. The van der Waals surface area contributed by atoms with Crippen molar-refractivity contribution >= 4 is 29.0 Å². The maximum absolute atomic E-state index is 12.9. The van der Waals surface area contributed by atoms with Crippen LogP contribution in [0.3, 0.4) is 0 Å². The largest absolute Gasteiger partial charge is 0.332 e. The number of fused-ring (bicyclic) bond motifs is 1. The SMILES string of the molecule is CCCn1c(=O)c2c(nc(/C=C/c3cccc([N+](=O)[O-])c3)n2C)n(CCC)c1=O. The van der Waals surface area contributed by atoms with E-state index in [2.05, 4.69) is 4.98 Å². The van der Waals surface area contributed by atoms with Crippen LogP contribution in [0.4, 0.5) is 5.69 Å². The molecular formula is C20H23N5O4. The lowest BCUT2D eigenvalue weighted by Crippen LogP contribution is -2.40. The second-order valence-corrected chi connectivity index (χ2v) is 6.78. The van der Waals surface area contributed by atoms with E-state index in [1.807, 2.05) is 13.8 Å². The van der Waals surface area contributed by atoms with E-state index in [9.17, 15) is 19.7 Å². The summed E-state index contributed by atoms with van der Waals surface area (Å²) < 4.78 is 4.45. The monoisotopic (exact) mass is 397 g/mol. The maximum atomic E-state index is 12.9. The topological polar surface area (TPSA) is 105 Å². The minimum absolute atomic E-state index is 0.00334. The summed E-state index contributed by atoms with van der Waals surface area (Å²) in [5.74, 6) is 0.488. The van der Waals surface area contributed by atoms with Crippen LogP contribution in [-0.4, -0.2) is 23.6 Å². The van der Waals surface area contributed by atoms with Gasteiger partial charge in [-0.2, -0.15) is 0 Å². The standard InChI is InChI=1S/C20H23N5O4/c1-4-11-23-18-17(19(26)24(12-5-2)20(23)27)22(3)16(21-18)10-9-14-7-6-8-15(13-14)25(28)29/h6-10,13H,4-5,11-12H2,1-3H3/b10-9+. The molecule has 152 valence electrons. The van der Waals surface area contributed by atoms with Crippen molar-refractivity contribution in [1.82, 2.24) is 18.7 Å². The first-order chi connectivity index (χ1) is 13.9. The fourth-order valence-corrected chi connectivity index (χ4v) is 3.29. The Morgan fingerprint density at radius 2 is 1.79 bits per heavy atom. The number of rotatable bonds is 7. The van der Waals surface area contributed by atoms with Crippen molar-refractivity contribution in [3.05, 3.63) is 66.6 Å². The average molecular weight is 397 g/mol. The highest BCUT2D eigenvalue weighted by molar-refractivity contribution is 5.76. The van der Waals surface area contributed by atoms with Crippen LogP contribution in [0.25, 0.3) is 23.3 Å². The first-order valence-electron chi connectivity index (χ1n) is 9.51. The van der Waals surface area contributed by atoms with E-state index in [1.165, 1.54) is 21.3 Å². The van der Waals surface area contributed by atoms with Crippen LogP contribution in [0.2, 0.25) is 0 Å². The number of imidazole rings is 1. The minimum atomic E-state index is -0.452. The van der Waals surface area contributed by atoms with Gasteiger partial charge < -0.3 is 4.57 Å².